The molecule has 4 aromatic rings. The Hall–Kier alpha value is -4.37. The van der Waals surface area contributed by atoms with Gasteiger partial charge in [-0.05, 0) is 50.8 Å². The number of halogens is 3. The number of anilines is 2. The predicted octanol–water partition coefficient (Wildman–Crippen LogP) is 6.00. The number of carboxylic acid groups (broad SMARTS) is 1. The van der Waals surface area contributed by atoms with Crippen LogP contribution in [-0.4, -0.2) is 105 Å². The molecule has 2 N–H and O–H groups in total. The molecular formula is C36H44F3N9O3. The fourth-order valence-electron chi connectivity index (χ4n) is 7.82. The molecule has 3 fully saturated rings. The molecule has 1 atom stereocenters. The van der Waals surface area contributed by atoms with Crippen LogP contribution in [-0.2, 0) is 15.7 Å². The number of hydrogen-bond donors (Lipinski definition) is 2. The monoisotopic (exact) mass is 707 g/mol. The SMILES string of the molecule is COCC1(CN(C)c2cc(-c3cc(C4CC4)nc(C(F)(F)F)c3)nc3nc(-c4cnc(N5CCN(CC(=O)O)C[C@H]5C)cn4)[nH]c23)CCCCC1. The van der Waals surface area contributed by atoms with E-state index in [4.69, 9.17) is 19.7 Å². The minimum absolute atomic E-state index is 0.00146. The largest absolute Gasteiger partial charge is 0.480 e. The van der Waals surface area contributed by atoms with Gasteiger partial charge in [0.2, 0.25) is 0 Å². The van der Waals surface area contributed by atoms with E-state index in [2.05, 4.69) is 24.8 Å². The number of alkyl halides is 3. The number of pyridine rings is 2. The fraction of sp³-hybridized carbons (Fsp3) is 0.556. The molecule has 0 amide bonds. The van der Waals surface area contributed by atoms with E-state index in [-0.39, 0.29) is 23.9 Å². The second kappa shape index (κ2) is 14.0. The molecule has 5 heterocycles. The number of imidazole rings is 1. The summed E-state index contributed by atoms with van der Waals surface area (Å²) in [6.45, 7) is 5.16. The lowest BCUT2D eigenvalue weighted by Gasteiger charge is -2.40. The van der Waals surface area contributed by atoms with E-state index in [1.165, 1.54) is 6.42 Å². The second-order valence-electron chi connectivity index (χ2n) is 14.5. The van der Waals surface area contributed by atoms with E-state index in [0.29, 0.717) is 78.2 Å². The van der Waals surface area contributed by atoms with E-state index in [9.17, 15) is 23.1 Å². The Labute approximate surface area is 294 Å². The minimum atomic E-state index is -4.59. The Morgan fingerprint density at radius 3 is 2.49 bits per heavy atom. The van der Waals surface area contributed by atoms with Crippen molar-refractivity contribution in [1.82, 2.24) is 34.8 Å². The number of rotatable bonds is 11. The number of aliphatic carboxylic acids is 1. The molecule has 4 aromatic heterocycles. The zero-order valence-electron chi connectivity index (χ0n) is 29.2. The summed E-state index contributed by atoms with van der Waals surface area (Å²) in [7, 11) is 3.73. The van der Waals surface area contributed by atoms with Gasteiger partial charge in [-0.1, -0.05) is 19.3 Å². The molecule has 51 heavy (non-hydrogen) atoms. The number of ether oxygens (including phenoxy) is 1. The maximum atomic E-state index is 14.0. The topological polar surface area (TPSA) is 136 Å². The third-order valence-electron chi connectivity index (χ3n) is 10.5. The molecule has 2 saturated carbocycles. The van der Waals surface area contributed by atoms with Gasteiger partial charge in [0.1, 0.15) is 22.7 Å². The summed E-state index contributed by atoms with van der Waals surface area (Å²) < 4.78 is 47.9. The normalized spacial score (nSPS) is 19.8. The van der Waals surface area contributed by atoms with Gasteiger partial charge in [0.05, 0.1) is 36.9 Å². The van der Waals surface area contributed by atoms with E-state index in [1.54, 1.807) is 25.6 Å². The number of nitrogens with zero attached hydrogens (tertiary/aromatic N) is 8. The first-order valence-electron chi connectivity index (χ1n) is 17.6. The van der Waals surface area contributed by atoms with Crippen molar-refractivity contribution in [2.24, 2.45) is 5.41 Å². The number of carboxylic acids is 1. The van der Waals surface area contributed by atoms with Crippen molar-refractivity contribution in [1.29, 1.82) is 0 Å². The van der Waals surface area contributed by atoms with Crippen molar-refractivity contribution in [2.75, 3.05) is 63.3 Å². The van der Waals surface area contributed by atoms with Gasteiger partial charge >= 0.3 is 12.1 Å². The first-order chi connectivity index (χ1) is 24.4. The average molecular weight is 708 g/mol. The summed E-state index contributed by atoms with van der Waals surface area (Å²) >= 11 is 0. The quantitative estimate of drug-likeness (QED) is 0.190. The number of piperazine rings is 1. The van der Waals surface area contributed by atoms with Gasteiger partial charge in [0.25, 0.3) is 0 Å². The molecule has 1 aliphatic heterocycles. The Kier molecular flexibility index (Phi) is 9.61. The lowest BCUT2D eigenvalue weighted by Crippen LogP contribution is -2.53. The fourth-order valence-corrected chi connectivity index (χ4v) is 7.82. The van der Waals surface area contributed by atoms with Crippen LogP contribution >= 0.6 is 0 Å². The highest BCUT2D eigenvalue weighted by Crippen LogP contribution is 2.43. The molecule has 1 saturated heterocycles. The highest BCUT2D eigenvalue weighted by Gasteiger charge is 2.37. The van der Waals surface area contributed by atoms with Crippen molar-refractivity contribution in [2.45, 2.75) is 70.0 Å². The van der Waals surface area contributed by atoms with Crippen LogP contribution in [0, 0.1) is 5.41 Å². The molecule has 0 spiro atoms. The first-order valence-corrected chi connectivity index (χ1v) is 17.6. The van der Waals surface area contributed by atoms with Gasteiger partial charge in [-0.25, -0.2) is 24.9 Å². The van der Waals surface area contributed by atoms with Crippen LogP contribution in [0.2, 0.25) is 0 Å². The Morgan fingerprint density at radius 1 is 1.06 bits per heavy atom. The zero-order chi connectivity index (χ0) is 35.9. The van der Waals surface area contributed by atoms with E-state index in [0.717, 1.165) is 50.3 Å². The van der Waals surface area contributed by atoms with Crippen LogP contribution in [0.5, 0.6) is 0 Å². The Morgan fingerprint density at radius 2 is 1.84 bits per heavy atom. The molecule has 7 rings (SSSR count). The molecule has 15 heteroatoms. The van der Waals surface area contributed by atoms with Gasteiger partial charge in [0.15, 0.2) is 11.5 Å². The van der Waals surface area contributed by atoms with Gasteiger partial charge < -0.3 is 24.6 Å². The highest BCUT2D eigenvalue weighted by atomic mass is 19.4. The lowest BCUT2D eigenvalue weighted by atomic mass is 9.74. The van der Waals surface area contributed by atoms with Crippen LogP contribution in [0.1, 0.15) is 69.2 Å². The second-order valence-corrected chi connectivity index (χ2v) is 14.5. The van der Waals surface area contributed by atoms with Crippen LogP contribution < -0.4 is 9.80 Å². The van der Waals surface area contributed by atoms with Crippen LogP contribution in [0.15, 0.2) is 30.6 Å². The van der Waals surface area contributed by atoms with E-state index in [1.807, 2.05) is 24.9 Å². The molecule has 272 valence electrons. The average Bonchev–Trinajstić information content (AvgIpc) is 3.86. The number of carbonyl (C=O) groups is 1. The molecular weight excluding hydrogens is 663 g/mol. The maximum absolute atomic E-state index is 14.0. The van der Waals surface area contributed by atoms with Crippen molar-refractivity contribution < 1.29 is 27.8 Å². The standard InChI is InChI=1S/C36H44F3N9O3/c1-22-18-47(19-31(49)50)11-12-48(22)30-17-40-27(16-41-30)33-44-32-28(46(2)20-35(21-51-3)9-5-4-6-10-35)15-26(43-34(32)45-33)24-13-25(23-7-8-23)42-29(14-24)36(37,38)39/h13-17,22-23H,4-12,18-21H2,1-3H3,(H,49,50)(H,43,44,45)/t22-/m1/s1. The van der Waals surface area contributed by atoms with Crippen molar-refractivity contribution in [3.63, 3.8) is 0 Å². The van der Waals surface area contributed by atoms with Crippen LogP contribution in [0.3, 0.4) is 0 Å². The Balaban J connectivity index is 1.25. The number of hydrogen-bond acceptors (Lipinski definition) is 10. The maximum Gasteiger partial charge on any atom is 0.433 e. The van der Waals surface area contributed by atoms with E-state index < -0.39 is 17.8 Å². The Bertz CT molecular complexity index is 1870. The van der Waals surface area contributed by atoms with Crippen LogP contribution in [0.25, 0.3) is 33.9 Å². The van der Waals surface area contributed by atoms with Gasteiger partial charge in [-0.3, -0.25) is 9.69 Å². The number of methoxy groups -OCH3 is 1. The van der Waals surface area contributed by atoms with Gasteiger partial charge in [0, 0.05) is 69.0 Å². The molecule has 0 aromatic carbocycles. The van der Waals surface area contributed by atoms with Crippen molar-refractivity contribution >= 4 is 28.6 Å². The summed E-state index contributed by atoms with van der Waals surface area (Å²) in [6.07, 6.45) is 5.86. The summed E-state index contributed by atoms with van der Waals surface area (Å²) in [5, 5.41) is 9.18. The smallest absolute Gasteiger partial charge is 0.433 e. The molecule has 2 aliphatic carbocycles. The molecule has 0 unspecified atom stereocenters. The highest BCUT2D eigenvalue weighted by molar-refractivity contribution is 5.91. The first kappa shape index (κ1) is 35.1. The van der Waals surface area contributed by atoms with Crippen molar-refractivity contribution in [3.05, 3.63) is 42.0 Å². The number of H-pyrrole nitrogens is 1. The third kappa shape index (κ3) is 7.64. The number of fused-ring (bicyclic) bond motifs is 1. The number of aromatic nitrogens is 6. The molecule has 3 aliphatic rings. The summed E-state index contributed by atoms with van der Waals surface area (Å²) in [4.78, 5) is 43.7. The number of aromatic amines is 1. The predicted molar refractivity (Wildman–Crippen MR) is 187 cm³/mol. The van der Waals surface area contributed by atoms with Crippen LogP contribution in [0.4, 0.5) is 24.7 Å². The number of nitrogens with one attached hydrogen (secondary N) is 1. The molecule has 12 nitrogen and oxygen atoms in total. The molecule has 0 radical (unpaired) electrons. The van der Waals surface area contributed by atoms with Gasteiger partial charge in [-0.2, -0.15) is 13.2 Å². The molecule has 0 bridgehead atoms. The third-order valence-corrected chi connectivity index (χ3v) is 10.5. The summed E-state index contributed by atoms with van der Waals surface area (Å²) in [5.41, 5.74) is 2.48. The lowest BCUT2D eigenvalue weighted by molar-refractivity contribution is -0.141. The summed E-state index contributed by atoms with van der Waals surface area (Å²) in [6, 6.07) is 4.71. The zero-order valence-corrected chi connectivity index (χ0v) is 29.2. The van der Waals surface area contributed by atoms with Gasteiger partial charge in [-0.15, -0.1) is 0 Å². The van der Waals surface area contributed by atoms with Crippen molar-refractivity contribution in [3.8, 4) is 22.8 Å². The minimum Gasteiger partial charge on any atom is -0.480 e. The summed E-state index contributed by atoms with van der Waals surface area (Å²) in [5.74, 6) is 0.294. The van der Waals surface area contributed by atoms with E-state index >= 15 is 0 Å².